The Bertz CT molecular complexity index is 612. The first-order valence-electron chi connectivity index (χ1n) is 6.24. The molecular weight excluding hydrogens is 259 g/mol. The predicted octanol–water partition coefficient (Wildman–Crippen LogP) is 3.20. The maximum atomic E-state index is 12.9. The van der Waals surface area contributed by atoms with Crippen LogP contribution >= 0.6 is 0 Å². The fourth-order valence-corrected chi connectivity index (χ4v) is 1.65. The van der Waals surface area contributed by atoms with E-state index in [4.69, 9.17) is 10.3 Å². The number of hydrazine groups is 1. The molecule has 0 atom stereocenters. The molecule has 0 saturated heterocycles. The Kier molecular flexibility index (Phi) is 3.63. The van der Waals surface area contributed by atoms with E-state index >= 15 is 0 Å². The van der Waals surface area contributed by atoms with Crippen LogP contribution < -0.4 is 5.84 Å². The Morgan fingerprint density at radius 2 is 1.75 bits per heavy atom. The highest BCUT2D eigenvalue weighted by atomic mass is 19.1. The van der Waals surface area contributed by atoms with Crippen LogP contribution in [0.1, 0.15) is 31.3 Å². The van der Waals surface area contributed by atoms with Crippen LogP contribution in [0.4, 0.5) is 4.39 Å². The quantitative estimate of drug-likeness (QED) is 0.520. The van der Waals surface area contributed by atoms with Crippen LogP contribution in [0.5, 0.6) is 0 Å². The Morgan fingerprint density at radius 1 is 1.15 bits per heavy atom. The molecule has 2 aromatic rings. The van der Waals surface area contributed by atoms with Crippen LogP contribution in [0, 0.1) is 5.82 Å². The Hall–Kier alpha value is -2.14. The van der Waals surface area contributed by atoms with Crippen molar-refractivity contribution in [1.29, 1.82) is 0 Å². The third-order valence-electron chi connectivity index (χ3n) is 2.89. The number of amides is 1. The largest absolute Gasteiger partial charge is 0.451 e. The minimum atomic E-state index is -0.500. The summed E-state index contributed by atoms with van der Waals surface area (Å²) in [6.45, 7) is 5.48. The molecule has 0 aliphatic carbocycles. The zero-order valence-electron chi connectivity index (χ0n) is 11.7. The molecule has 0 fully saturated rings. The van der Waals surface area contributed by atoms with E-state index in [1.807, 2.05) is 20.8 Å². The summed E-state index contributed by atoms with van der Waals surface area (Å²) in [5.41, 5.74) is 0.199. The van der Waals surface area contributed by atoms with Gasteiger partial charge in [-0.1, -0.05) is 0 Å². The number of furan rings is 1. The maximum Gasteiger partial charge on any atom is 0.303 e. The van der Waals surface area contributed by atoms with Crippen molar-refractivity contribution in [2.75, 3.05) is 0 Å². The van der Waals surface area contributed by atoms with Crippen molar-refractivity contribution in [2.24, 2.45) is 5.84 Å². The van der Waals surface area contributed by atoms with Gasteiger partial charge in [0.05, 0.1) is 5.54 Å². The molecule has 2 rings (SSSR count). The molecule has 0 bridgehead atoms. The van der Waals surface area contributed by atoms with E-state index in [9.17, 15) is 9.18 Å². The maximum absolute atomic E-state index is 12.9. The number of hydrogen-bond acceptors (Lipinski definition) is 3. The van der Waals surface area contributed by atoms with Gasteiger partial charge in [-0.2, -0.15) is 0 Å². The van der Waals surface area contributed by atoms with E-state index in [2.05, 4.69) is 0 Å². The van der Waals surface area contributed by atoms with Gasteiger partial charge in [0.15, 0.2) is 5.76 Å². The molecule has 5 heteroatoms. The van der Waals surface area contributed by atoms with E-state index in [1.165, 1.54) is 12.1 Å². The molecule has 1 aromatic carbocycles. The lowest BCUT2D eigenvalue weighted by molar-refractivity contribution is 0.0549. The van der Waals surface area contributed by atoms with Crippen LogP contribution in [-0.2, 0) is 0 Å². The summed E-state index contributed by atoms with van der Waals surface area (Å²) in [6.07, 6.45) is 0. The normalized spacial score (nSPS) is 11.4. The number of nitrogens with zero attached hydrogens (tertiary/aromatic N) is 1. The third-order valence-corrected chi connectivity index (χ3v) is 2.89. The average Bonchev–Trinajstić information content (AvgIpc) is 2.86. The second kappa shape index (κ2) is 5.09. The molecule has 0 aliphatic heterocycles. The number of carbonyl (C=O) groups is 1. The van der Waals surface area contributed by atoms with E-state index in [0.717, 1.165) is 5.01 Å². The molecule has 106 valence electrons. The first-order chi connectivity index (χ1) is 9.29. The molecule has 0 unspecified atom stereocenters. The lowest BCUT2D eigenvalue weighted by Gasteiger charge is -2.30. The van der Waals surface area contributed by atoms with E-state index in [-0.39, 0.29) is 11.6 Å². The number of benzene rings is 1. The summed E-state index contributed by atoms with van der Waals surface area (Å²) in [4.78, 5) is 12.1. The zero-order valence-corrected chi connectivity index (χ0v) is 11.7. The molecular formula is C15H17FN2O2. The number of halogens is 1. The zero-order chi connectivity index (χ0) is 14.9. The molecule has 20 heavy (non-hydrogen) atoms. The molecule has 0 spiro atoms. The highest BCUT2D eigenvalue weighted by Gasteiger charge is 2.26. The lowest BCUT2D eigenvalue weighted by Crippen LogP contribution is -2.50. The molecule has 1 heterocycles. The summed E-state index contributed by atoms with van der Waals surface area (Å²) >= 11 is 0. The van der Waals surface area contributed by atoms with Crippen molar-refractivity contribution in [3.8, 4) is 11.3 Å². The number of hydrogen-bond donors (Lipinski definition) is 1. The van der Waals surface area contributed by atoms with Gasteiger partial charge >= 0.3 is 5.91 Å². The molecule has 1 aromatic heterocycles. The van der Waals surface area contributed by atoms with E-state index in [1.54, 1.807) is 24.3 Å². The summed E-state index contributed by atoms with van der Waals surface area (Å²) in [7, 11) is 0. The first-order valence-corrected chi connectivity index (χ1v) is 6.24. The fraction of sp³-hybridized carbons (Fsp3) is 0.267. The molecule has 0 aliphatic rings. The van der Waals surface area contributed by atoms with Gasteiger partial charge in [-0.25, -0.2) is 10.2 Å². The predicted molar refractivity (Wildman–Crippen MR) is 74.2 cm³/mol. The summed E-state index contributed by atoms with van der Waals surface area (Å²) in [5.74, 6) is 5.70. The molecule has 4 nitrogen and oxygen atoms in total. The highest BCUT2D eigenvalue weighted by Crippen LogP contribution is 2.24. The first kappa shape index (κ1) is 14.3. The number of carbonyl (C=O) groups excluding carboxylic acids is 1. The Labute approximate surface area is 117 Å². The smallest absolute Gasteiger partial charge is 0.303 e. The van der Waals surface area contributed by atoms with Gasteiger partial charge < -0.3 is 4.42 Å². The summed E-state index contributed by atoms with van der Waals surface area (Å²) in [6, 6.07) is 9.08. The molecule has 0 radical (unpaired) electrons. The second-order valence-corrected chi connectivity index (χ2v) is 5.52. The average molecular weight is 276 g/mol. The van der Waals surface area contributed by atoms with Crippen molar-refractivity contribution in [2.45, 2.75) is 26.3 Å². The van der Waals surface area contributed by atoms with Gasteiger partial charge in [-0.15, -0.1) is 0 Å². The SMILES string of the molecule is CC(C)(C)N(N)C(=O)c1ccc(-c2ccc(F)cc2)o1. The summed E-state index contributed by atoms with van der Waals surface area (Å²) in [5, 5.41) is 1.13. The third kappa shape index (κ3) is 2.88. The van der Waals surface area contributed by atoms with Gasteiger partial charge in [0.2, 0.25) is 0 Å². The lowest BCUT2D eigenvalue weighted by atomic mass is 10.1. The van der Waals surface area contributed by atoms with Gasteiger partial charge in [-0.3, -0.25) is 9.80 Å². The number of rotatable bonds is 2. The van der Waals surface area contributed by atoms with Crippen molar-refractivity contribution < 1.29 is 13.6 Å². The van der Waals surface area contributed by atoms with Crippen LogP contribution in [0.15, 0.2) is 40.8 Å². The van der Waals surface area contributed by atoms with E-state index < -0.39 is 11.4 Å². The van der Waals surface area contributed by atoms with Gasteiger partial charge in [0.25, 0.3) is 0 Å². The van der Waals surface area contributed by atoms with Crippen molar-refractivity contribution in [1.82, 2.24) is 5.01 Å². The topological polar surface area (TPSA) is 59.5 Å². The van der Waals surface area contributed by atoms with E-state index in [0.29, 0.717) is 11.3 Å². The highest BCUT2D eigenvalue weighted by molar-refractivity contribution is 5.92. The van der Waals surface area contributed by atoms with Crippen molar-refractivity contribution >= 4 is 5.91 Å². The van der Waals surface area contributed by atoms with Crippen LogP contribution in [0.2, 0.25) is 0 Å². The van der Waals surface area contributed by atoms with Crippen LogP contribution in [0.25, 0.3) is 11.3 Å². The standard InChI is InChI=1S/C15H17FN2O2/c1-15(2,3)18(17)14(19)13-9-8-12(20-13)10-4-6-11(16)7-5-10/h4-9H,17H2,1-3H3. The minimum Gasteiger partial charge on any atom is -0.451 e. The molecule has 2 N–H and O–H groups in total. The molecule has 0 saturated carbocycles. The monoisotopic (exact) mass is 276 g/mol. The minimum absolute atomic E-state index is 0.154. The van der Waals surface area contributed by atoms with Crippen LogP contribution in [0.3, 0.4) is 0 Å². The Morgan fingerprint density at radius 3 is 2.30 bits per heavy atom. The van der Waals surface area contributed by atoms with Crippen molar-refractivity contribution in [3.05, 3.63) is 48.0 Å². The van der Waals surface area contributed by atoms with Crippen molar-refractivity contribution in [3.63, 3.8) is 0 Å². The van der Waals surface area contributed by atoms with Gasteiger partial charge in [0, 0.05) is 5.56 Å². The molecule has 1 amide bonds. The Balaban J connectivity index is 2.25. The number of nitrogens with two attached hydrogens (primary N) is 1. The van der Waals surface area contributed by atoms with Crippen LogP contribution in [-0.4, -0.2) is 16.5 Å². The van der Waals surface area contributed by atoms with Gasteiger partial charge in [-0.05, 0) is 57.2 Å². The second-order valence-electron chi connectivity index (χ2n) is 5.52. The fourth-order valence-electron chi connectivity index (χ4n) is 1.65. The summed E-state index contributed by atoms with van der Waals surface area (Å²) < 4.78 is 18.4. The van der Waals surface area contributed by atoms with Gasteiger partial charge in [0.1, 0.15) is 11.6 Å².